The molecular formula is C18H27NO3. The van der Waals surface area contributed by atoms with Crippen molar-refractivity contribution in [1.82, 2.24) is 0 Å². The van der Waals surface area contributed by atoms with Gasteiger partial charge in [0, 0.05) is 5.56 Å². The molecule has 0 bridgehead atoms. The number of ether oxygens (including phenoxy) is 2. The van der Waals surface area contributed by atoms with Gasteiger partial charge in [-0.1, -0.05) is 26.7 Å². The third kappa shape index (κ3) is 4.39. The molecule has 2 rings (SSSR count). The molecule has 0 saturated carbocycles. The molecule has 2 N–H and O–H groups in total. The fourth-order valence-electron chi connectivity index (χ4n) is 3.11. The topological polar surface area (TPSA) is 61.6 Å². The van der Waals surface area contributed by atoms with Crippen LogP contribution in [-0.2, 0) is 24.2 Å². The molecule has 0 heterocycles. The number of amides is 1. The normalized spacial score (nSPS) is 13.2. The molecule has 1 aromatic carbocycles. The first-order valence-electron chi connectivity index (χ1n) is 8.37. The Labute approximate surface area is 133 Å². The minimum Gasteiger partial charge on any atom is -0.490 e. The third-order valence-corrected chi connectivity index (χ3v) is 4.16. The summed E-state index contributed by atoms with van der Waals surface area (Å²) in [5, 5.41) is 0. The van der Waals surface area contributed by atoms with Crippen LogP contribution in [0.2, 0.25) is 0 Å². The van der Waals surface area contributed by atoms with Crippen LogP contribution in [0.4, 0.5) is 4.79 Å². The lowest BCUT2D eigenvalue weighted by Gasteiger charge is -2.21. The van der Waals surface area contributed by atoms with Gasteiger partial charge in [-0.3, -0.25) is 0 Å². The summed E-state index contributed by atoms with van der Waals surface area (Å²) in [6, 6.07) is 4.26. The van der Waals surface area contributed by atoms with Gasteiger partial charge < -0.3 is 15.2 Å². The molecule has 1 amide bonds. The van der Waals surface area contributed by atoms with E-state index in [0.29, 0.717) is 0 Å². The first-order chi connectivity index (χ1) is 10.6. The Morgan fingerprint density at radius 2 is 1.82 bits per heavy atom. The van der Waals surface area contributed by atoms with E-state index in [4.69, 9.17) is 15.2 Å². The predicted molar refractivity (Wildman–Crippen MR) is 87.1 cm³/mol. The second-order valence-corrected chi connectivity index (χ2v) is 6.01. The zero-order valence-electron chi connectivity index (χ0n) is 13.7. The van der Waals surface area contributed by atoms with Gasteiger partial charge >= 0.3 is 6.09 Å². The quantitative estimate of drug-likeness (QED) is 0.786. The van der Waals surface area contributed by atoms with E-state index in [1.165, 1.54) is 17.5 Å². The lowest BCUT2D eigenvalue weighted by molar-refractivity contribution is 0.143. The first kappa shape index (κ1) is 16.7. The lowest BCUT2D eigenvalue weighted by Crippen LogP contribution is -2.18. The first-order valence-corrected chi connectivity index (χ1v) is 8.37. The summed E-state index contributed by atoms with van der Waals surface area (Å²) < 4.78 is 11.2. The highest BCUT2D eigenvalue weighted by Crippen LogP contribution is 2.32. The number of hydrogen-bond acceptors (Lipinski definition) is 3. The van der Waals surface area contributed by atoms with Crippen LogP contribution in [0.25, 0.3) is 0 Å². The largest absolute Gasteiger partial charge is 0.490 e. The van der Waals surface area contributed by atoms with E-state index in [2.05, 4.69) is 26.0 Å². The molecule has 0 radical (unpaired) electrons. The number of nitrogens with two attached hydrogens (primary N) is 1. The molecule has 0 fully saturated rings. The molecule has 122 valence electrons. The van der Waals surface area contributed by atoms with Crippen molar-refractivity contribution in [2.75, 3.05) is 0 Å². The lowest BCUT2D eigenvalue weighted by atomic mass is 10.0. The van der Waals surface area contributed by atoms with Crippen LogP contribution in [-0.4, -0.2) is 12.2 Å². The predicted octanol–water partition coefficient (Wildman–Crippen LogP) is 4.12. The molecule has 0 unspecified atom stereocenters. The zero-order valence-corrected chi connectivity index (χ0v) is 13.7. The number of benzene rings is 1. The number of carbonyl (C=O) groups is 1. The molecule has 0 atom stereocenters. The van der Waals surface area contributed by atoms with Crippen molar-refractivity contribution in [2.24, 2.45) is 5.73 Å². The van der Waals surface area contributed by atoms with Gasteiger partial charge in [0.2, 0.25) is 0 Å². The molecule has 0 aromatic heterocycles. The molecule has 0 spiro atoms. The van der Waals surface area contributed by atoms with Crippen molar-refractivity contribution >= 4 is 6.09 Å². The van der Waals surface area contributed by atoms with Crippen LogP contribution >= 0.6 is 0 Å². The summed E-state index contributed by atoms with van der Waals surface area (Å²) in [5.74, 6) is 0.855. The van der Waals surface area contributed by atoms with E-state index in [0.717, 1.165) is 49.8 Å². The van der Waals surface area contributed by atoms with Crippen LogP contribution in [0.3, 0.4) is 0 Å². The van der Waals surface area contributed by atoms with Crippen LogP contribution in [0.1, 0.15) is 62.6 Å². The minimum absolute atomic E-state index is 0.183. The van der Waals surface area contributed by atoms with E-state index in [9.17, 15) is 4.79 Å². The average molecular weight is 305 g/mol. The summed E-state index contributed by atoms with van der Waals surface area (Å²) in [5.41, 5.74) is 8.74. The Balaban J connectivity index is 2.20. The highest BCUT2D eigenvalue weighted by atomic mass is 16.5. The molecular weight excluding hydrogens is 278 g/mol. The fourth-order valence-corrected chi connectivity index (χ4v) is 3.11. The number of fused-ring (bicyclic) bond motifs is 1. The Bertz CT molecular complexity index is 507. The van der Waals surface area contributed by atoms with Gasteiger partial charge in [0.05, 0.1) is 6.10 Å². The van der Waals surface area contributed by atoms with E-state index in [1.54, 1.807) is 0 Å². The molecule has 22 heavy (non-hydrogen) atoms. The molecule has 1 aromatic rings. The van der Waals surface area contributed by atoms with Crippen LogP contribution in [0, 0.1) is 0 Å². The maximum Gasteiger partial charge on any atom is 0.404 e. The number of primary amides is 1. The standard InChI is InChI=1S/C18H27NO3/c1-3-6-16(7-4-2)22-17-11-14-9-5-8-13(14)10-15(17)12-21-18(19)20/h10-11,16H,3-9,12H2,1-2H3,(H2,19,20). The van der Waals surface area contributed by atoms with Crippen LogP contribution in [0.15, 0.2) is 12.1 Å². The maximum atomic E-state index is 10.9. The van der Waals surface area contributed by atoms with Gasteiger partial charge in [-0.05, 0) is 55.4 Å². The maximum absolute atomic E-state index is 10.9. The molecule has 0 aliphatic heterocycles. The van der Waals surface area contributed by atoms with E-state index < -0.39 is 6.09 Å². The van der Waals surface area contributed by atoms with Crippen molar-refractivity contribution in [3.63, 3.8) is 0 Å². The van der Waals surface area contributed by atoms with Gasteiger partial charge in [-0.15, -0.1) is 0 Å². The summed E-state index contributed by atoms with van der Waals surface area (Å²) in [6.07, 6.45) is 7.14. The van der Waals surface area contributed by atoms with E-state index in [-0.39, 0.29) is 12.7 Å². The Morgan fingerprint density at radius 1 is 1.18 bits per heavy atom. The van der Waals surface area contributed by atoms with E-state index in [1.807, 2.05) is 0 Å². The van der Waals surface area contributed by atoms with Gasteiger partial charge in [-0.2, -0.15) is 0 Å². The minimum atomic E-state index is -0.745. The molecule has 4 heteroatoms. The van der Waals surface area contributed by atoms with Gasteiger partial charge in [-0.25, -0.2) is 4.79 Å². The van der Waals surface area contributed by atoms with E-state index >= 15 is 0 Å². The number of rotatable bonds is 8. The van der Waals surface area contributed by atoms with Crippen molar-refractivity contribution in [2.45, 2.75) is 71.5 Å². The Morgan fingerprint density at radius 3 is 2.41 bits per heavy atom. The number of aryl methyl sites for hydroxylation is 2. The molecule has 0 saturated heterocycles. The second-order valence-electron chi connectivity index (χ2n) is 6.01. The molecule has 1 aliphatic carbocycles. The SMILES string of the molecule is CCCC(CCC)Oc1cc2c(cc1COC(N)=O)CCC2. The van der Waals surface area contributed by atoms with Crippen molar-refractivity contribution in [3.05, 3.63) is 28.8 Å². The highest BCUT2D eigenvalue weighted by Gasteiger charge is 2.18. The molecule has 4 nitrogen and oxygen atoms in total. The molecule has 1 aliphatic rings. The van der Waals surface area contributed by atoms with Crippen molar-refractivity contribution < 1.29 is 14.3 Å². The van der Waals surface area contributed by atoms with Crippen molar-refractivity contribution in [3.8, 4) is 5.75 Å². The van der Waals surface area contributed by atoms with Gasteiger partial charge in [0.1, 0.15) is 12.4 Å². The average Bonchev–Trinajstić information content (AvgIpc) is 2.92. The van der Waals surface area contributed by atoms with Gasteiger partial charge in [0.25, 0.3) is 0 Å². The summed E-state index contributed by atoms with van der Waals surface area (Å²) in [4.78, 5) is 10.9. The number of carbonyl (C=O) groups excluding carboxylic acids is 1. The Hall–Kier alpha value is -1.71. The second kappa shape index (κ2) is 8.06. The zero-order chi connectivity index (χ0) is 15.9. The fraction of sp³-hybridized carbons (Fsp3) is 0.611. The van der Waals surface area contributed by atoms with Crippen molar-refractivity contribution in [1.29, 1.82) is 0 Å². The Kier molecular flexibility index (Phi) is 6.10. The van der Waals surface area contributed by atoms with Crippen LogP contribution in [0.5, 0.6) is 5.75 Å². The summed E-state index contributed by atoms with van der Waals surface area (Å²) >= 11 is 0. The third-order valence-electron chi connectivity index (χ3n) is 4.16. The van der Waals surface area contributed by atoms with Gasteiger partial charge in [0.15, 0.2) is 0 Å². The monoisotopic (exact) mass is 305 g/mol. The summed E-state index contributed by atoms with van der Waals surface area (Å²) in [7, 11) is 0. The summed E-state index contributed by atoms with van der Waals surface area (Å²) in [6.45, 7) is 4.53. The van der Waals surface area contributed by atoms with Crippen LogP contribution < -0.4 is 10.5 Å². The highest BCUT2D eigenvalue weighted by molar-refractivity contribution is 5.64. The smallest absolute Gasteiger partial charge is 0.404 e. The number of hydrogen-bond donors (Lipinski definition) is 1.